The minimum atomic E-state index is 0.523. The van der Waals surface area contributed by atoms with Gasteiger partial charge in [0, 0.05) is 5.56 Å². The minimum Gasteiger partial charge on any atom is -0.493 e. The maximum Gasteiger partial charge on any atom is 0.205 e. The van der Waals surface area contributed by atoms with E-state index in [-0.39, 0.29) is 0 Å². The molecule has 0 radical (unpaired) electrons. The van der Waals surface area contributed by atoms with E-state index in [1.165, 1.54) is 5.56 Å². The summed E-state index contributed by atoms with van der Waals surface area (Å²) >= 11 is 0. The van der Waals surface area contributed by atoms with E-state index in [4.69, 9.17) is 9.47 Å². The van der Waals surface area contributed by atoms with Gasteiger partial charge in [0.25, 0.3) is 0 Å². The molecule has 130 valence electrons. The average molecular weight is 338 g/mol. The third-order valence-electron chi connectivity index (χ3n) is 4.06. The predicted octanol–water partition coefficient (Wildman–Crippen LogP) is 3.53. The van der Waals surface area contributed by atoms with Crippen molar-refractivity contribution in [1.29, 1.82) is 0 Å². The monoisotopic (exact) mass is 338 g/mol. The number of benzene rings is 2. The molecular weight excluding hydrogens is 316 g/mol. The van der Waals surface area contributed by atoms with E-state index in [0.29, 0.717) is 29.8 Å². The maximum absolute atomic E-state index is 5.32. The van der Waals surface area contributed by atoms with Gasteiger partial charge < -0.3 is 9.47 Å². The molecule has 0 atom stereocenters. The Hall–Kier alpha value is -2.89. The Kier molecular flexibility index (Phi) is 4.97. The topological polar surface area (TPSA) is 62.1 Å². The van der Waals surface area contributed by atoms with Crippen molar-refractivity contribution in [1.82, 2.24) is 20.2 Å². The van der Waals surface area contributed by atoms with Crippen LogP contribution in [0.3, 0.4) is 0 Å². The van der Waals surface area contributed by atoms with E-state index < -0.39 is 0 Å². The van der Waals surface area contributed by atoms with Gasteiger partial charge in [-0.1, -0.05) is 38.1 Å². The van der Waals surface area contributed by atoms with Crippen molar-refractivity contribution in [2.75, 3.05) is 14.2 Å². The number of hydrogen-bond donors (Lipinski definition) is 0. The lowest BCUT2D eigenvalue weighted by atomic mass is 10.0. The SMILES string of the molecule is COc1ccc(-c2nnn(Cc3ccc(C(C)C)cc3)n2)cc1OC. The lowest BCUT2D eigenvalue weighted by Crippen LogP contribution is -2.04. The molecule has 6 heteroatoms. The fourth-order valence-electron chi connectivity index (χ4n) is 2.57. The van der Waals surface area contributed by atoms with Crippen LogP contribution in [0.25, 0.3) is 11.4 Å². The summed E-state index contributed by atoms with van der Waals surface area (Å²) in [7, 11) is 3.21. The van der Waals surface area contributed by atoms with E-state index >= 15 is 0 Å². The van der Waals surface area contributed by atoms with Crippen LogP contribution in [0, 0.1) is 0 Å². The van der Waals surface area contributed by atoms with E-state index in [1.54, 1.807) is 19.0 Å². The Morgan fingerprint density at radius 2 is 1.68 bits per heavy atom. The molecule has 25 heavy (non-hydrogen) atoms. The Morgan fingerprint density at radius 1 is 0.960 bits per heavy atom. The first kappa shape index (κ1) is 17.0. The van der Waals surface area contributed by atoms with Crippen molar-refractivity contribution in [2.45, 2.75) is 26.3 Å². The average Bonchev–Trinajstić information content (AvgIpc) is 3.10. The van der Waals surface area contributed by atoms with Crippen LogP contribution in [0.4, 0.5) is 0 Å². The highest BCUT2D eigenvalue weighted by molar-refractivity contribution is 5.60. The third-order valence-corrected chi connectivity index (χ3v) is 4.06. The second kappa shape index (κ2) is 7.34. The number of tetrazole rings is 1. The first-order valence-corrected chi connectivity index (χ1v) is 8.19. The van der Waals surface area contributed by atoms with E-state index in [1.807, 2.05) is 18.2 Å². The molecule has 3 aromatic rings. The smallest absolute Gasteiger partial charge is 0.205 e. The first-order chi connectivity index (χ1) is 12.1. The zero-order chi connectivity index (χ0) is 17.8. The van der Waals surface area contributed by atoms with Gasteiger partial charge in [-0.2, -0.15) is 4.80 Å². The van der Waals surface area contributed by atoms with Crippen LogP contribution in [-0.2, 0) is 6.54 Å². The molecule has 0 unspecified atom stereocenters. The Balaban J connectivity index is 1.78. The zero-order valence-electron chi connectivity index (χ0n) is 14.9. The molecule has 0 spiro atoms. The Bertz CT molecular complexity index is 841. The largest absolute Gasteiger partial charge is 0.493 e. The van der Waals surface area contributed by atoms with Crippen molar-refractivity contribution in [2.24, 2.45) is 0 Å². The summed E-state index contributed by atoms with van der Waals surface area (Å²) < 4.78 is 10.6. The molecule has 6 nitrogen and oxygen atoms in total. The summed E-state index contributed by atoms with van der Waals surface area (Å²) in [5, 5.41) is 12.8. The van der Waals surface area contributed by atoms with Crippen LogP contribution < -0.4 is 9.47 Å². The molecule has 3 rings (SSSR count). The molecule has 0 aliphatic heterocycles. The highest BCUT2D eigenvalue weighted by Gasteiger charge is 2.11. The Labute approximate surface area is 147 Å². The lowest BCUT2D eigenvalue weighted by molar-refractivity contribution is 0.355. The van der Waals surface area contributed by atoms with E-state index in [2.05, 4.69) is 53.5 Å². The number of rotatable bonds is 6. The van der Waals surface area contributed by atoms with Crippen LogP contribution in [0.2, 0.25) is 0 Å². The highest BCUT2D eigenvalue weighted by atomic mass is 16.5. The summed E-state index contributed by atoms with van der Waals surface area (Å²) in [4.78, 5) is 1.59. The summed E-state index contributed by atoms with van der Waals surface area (Å²) in [6.45, 7) is 4.95. The molecule has 0 saturated heterocycles. The molecule has 0 amide bonds. The fraction of sp³-hybridized carbons (Fsp3) is 0.316. The molecule has 0 saturated carbocycles. The Morgan fingerprint density at radius 3 is 2.32 bits per heavy atom. The third kappa shape index (κ3) is 3.79. The van der Waals surface area contributed by atoms with Gasteiger partial charge in [0.15, 0.2) is 11.5 Å². The van der Waals surface area contributed by atoms with Gasteiger partial charge in [0.2, 0.25) is 5.82 Å². The van der Waals surface area contributed by atoms with Gasteiger partial charge in [-0.15, -0.1) is 10.2 Å². The van der Waals surface area contributed by atoms with Crippen LogP contribution in [0.15, 0.2) is 42.5 Å². The number of methoxy groups -OCH3 is 2. The van der Waals surface area contributed by atoms with Gasteiger partial charge in [0.1, 0.15) is 0 Å². The quantitative estimate of drug-likeness (QED) is 0.688. The zero-order valence-corrected chi connectivity index (χ0v) is 14.9. The molecule has 0 fully saturated rings. The van der Waals surface area contributed by atoms with Gasteiger partial charge in [-0.05, 0) is 40.5 Å². The molecule has 1 aromatic heterocycles. The lowest BCUT2D eigenvalue weighted by Gasteiger charge is -2.07. The maximum atomic E-state index is 5.32. The van der Waals surface area contributed by atoms with Crippen LogP contribution in [-0.4, -0.2) is 34.4 Å². The molecule has 1 heterocycles. The molecular formula is C19H22N4O2. The molecule has 0 aliphatic carbocycles. The van der Waals surface area contributed by atoms with Gasteiger partial charge in [0.05, 0.1) is 20.8 Å². The second-order valence-corrected chi connectivity index (χ2v) is 6.11. The van der Waals surface area contributed by atoms with Crippen LogP contribution >= 0.6 is 0 Å². The second-order valence-electron chi connectivity index (χ2n) is 6.11. The number of nitrogens with zero attached hydrogens (tertiary/aromatic N) is 4. The molecule has 0 N–H and O–H groups in total. The van der Waals surface area contributed by atoms with Crippen molar-refractivity contribution in [3.63, 3.8) is 0 Å². The normalized spacial score (nSPS) is 10.9. The molecule has 0 bridgehead atoms. The predicted molar refractivity (Wildman–Crippen MR) is 96.0 cm³/mol. The van der Waals surface area contributed by atoms with Gasteiger partial charge in [-0.25, -0.2) is 0 Å². The van der Waals surface area contributed by atoms with Gasteiger partial charge in [-0.3, -0.25) is 0 Å². The number of ether oxygens (including phenoxy) is 2. The van der Waals surface area contributed by atoms with Crippen molar-refractivity contribution < 1.29 is 9.47 Å². The summed E-state index contributed by atoms with van der Waals surface area (Å²) in [5.41, 5.74) is 3.29. The standard InChI is InChI=1S/C19H22N4O2/c1-13(2)15-7-5-14(6-8-15)12-23-21-19(20-22-23)16-9-10-17(24-3)18(11-16)25-4/h5-11,13H,12H2,1-4H3. The summed E-state index contributed by atoms with van der Waals surface area (Å²) in [5.74, 6) is 2.39. The summed E-state index contributed by atoms with van der Waals surface area (Å²) in [6.07, 6.45) is 0. The highest BCUT2D eigenvalue weighted by Crippen LogP contribution is 2.30. The van der Waals surface area contributed by atoms with Crippen LogP contribution in [0.5, 0.6) is 11.5 Å². The van der Waals surface area contributed by atoms with Crippen molar-refractivity contribution in [3.05, 3.63) is 53.6 Å². The van der Waals surface area contributed by atoms with Gasteiger partial charge >= 0.3 is 0 Å². The number of hydrogen-bond acceptors (Lipinski definition) is 5. The van der Waals surface area contributed by atoms with E-state index in [0.717, 1.165) is 11.1 Å². The summed E-state index contributed by atoms with van der Waals surface area (Å²) in [6, 6.07) is 14.1. The van der Waals surface area contributed by atoms with Crippen molar-refractivity contribution >= 4 is 0 Å². The van der Waals surface area contributed by atoms with Crippen LogP contribution in [0.1, 0.15) is 30.9 Å². The van der Waals surface area contributed by atoms with E-state index in [9.17, 15) is 0 Å². The first-order valence-electron chi connectivity index (χ1n) is 8.19. The molecule has 2 aromatic carbocycles. The number of aromatic nitrogens is 4. The van der Waals surface area contributed by atoms with Crippen molar-refractivity contribution in [3.8, 4) is 22.9 Å². The molecule has 0 aliphatic rings. The minimum absolute atomic E-state index is 0.523. The fourth-order valence-corrected chi connectivity index (χ4v) is 2.57.